The molecule has 0 bridgehead atoms. The number of amides is 1. The molecular formula is C27H28N4O2. The second-order valence-corrected chi connectivity index (χ2v) is 8.69. The minimum Gasteiger partial charge on any atom is -0.379 e. The highest BCUT2D eigenvalue weighted by Crippen LogP contribution is 2.21. The van der Waals surface area contributed by atoms with Gasteiger partial charge in [0, 0.05) is 55.1 Å². The Morgan fingerprint density at radius 1 is 1.09 bits per heavy atom. The van der Waals surface area contributed by atoms with Crippen molar-refractivity contribution in [2.75, 3.05) is 26.3 Å². The van der Waals surface area contributed by atoms with Gasteiger partial charge in [-0.1, -0.05) is 30.3 Å². The number of ether oxygens (including phenoxy) is 1. The van der Waals surface area contributed by atoms with Gasteiger partial charge in [0.25, 0.3) is 5.91 Å². The standard InChI is InChI=1S/C27H28N4O2/c1-20-28-11-12-30(20)18-24-5-2-3-7-25(24)27(32)31-13-14-33-19-22(17-31)15-21-8-9-26-23(16-21)6-4-10-29-26/h2-12,16,22H,13-15,17-19H2,1H3/t22-/m1/s1. The summed E-state index contributed by atoms with van der Waals surface area (Å²) in [5.41, 5.74) is 4.00. The molecule has 0 saturated carbocycles. The minimum absolute atomic E-state index is 0.0709. The van der Waals surface area contributed by atoms with Gasteiger partial charge in [-0.2, -0.15) is 0 Å². The van der Waals surface area contributed by atoms with Crippen LogP contribution >= 0.6 is 0 Å². The molecule has 1 atom stereocenters. The van der Waals surface area contributed by atoms with Crippen molar-refractivity contribution in [3.05, 3.63) is 95.7 Å². The number of imidazole rings is 1. The Hall–Kier alpha value is -3.51. The molecule has 0 spiro atoms. The van der Waals surface area contributed by atoms with Gasteiger partial charge < -0.3 is 14.2 Å². The third kappa shape index (κ3) is 4.81. The minimum atomic E-state index is 0.0709. The number of hydrogen-bond acceptors (Lipinski definition) is 4. The zero-order chi connectivity index (χ0) is 22.6. The molecule has 0 radical (unpaired) electrons. The van der Waals surface area contributed by atoms with Gasteiger partial charge in [0.2, 0.25) is 0 Å². The second-order valence-electron chi connectivity index (χ2n) is 8.69. The summed E-state index contributed by atoms with van der Waals surface area (Å²) in [5.74, 6) is 1.25. The van der Waals surface area contributed by atoms with Gasteiger partial charge in [0.05, 0.1) is 18.7 Å². The lowest BCUT2D eigenvalue weighted by Crippen LogP contribution is -2.37. The number of hydrogen-bond donors (Lipinski definition) is 0. The summed E-state index contributed by atoms with van der Waals surface area (Å²) in [6.07, 6.45) is 6.42. The van der Waals surface area contributed by atoms with Crippen molar-refractivity contribution in [1.29, 1.82) is 0 Å². The van der Waals surface area contributed by atoms with Crippen molar-refractivity contribution in [2.24, 2.45) is 5.92 Å². The summed E-state index contributed by atoms with van der Waals surface area (Å²) in [4.78, 5) is 24.3. The van der Waals surface area contributed by atoms with Gasteiger partial charge in [-0.25, -0.2) is 4.98 Å². The quantitative estimate of drug-likeness (QED) is 0.468. The van der Waals surface area contributed by atoms with Crippen LogP contribution in [0.15, 0.2) is 73.2 Å². The van der Waals surface area contributed by atoms with Gasteiger partial charge in [0.15, 0.2) is 0 Å². The highest BCUT2D eigenvalue weighted by Gasteiger charge is 2.25. The summed E-state index contributed by atoms with van der Waals surface area (Å²) in [5, 5.41) is 1.14. The van der Waals surface area contributed by atoms with Gasteiger partial charge in [-0.3, -0.25) is 9.78 Å². The molecule has 2 aromatic heterocycles. The van der Waals surface area contributed by atoms with E-state index in [9.17, 15) is 4.79 Å². The second kappa shape index (κ2) is 9.55. The molecule has 0 unspecified atom stereocenters. The van der Waals surface area contributed by atoms with E-state index in [0.29, 0.717) is 32.8 Å². The molecule has 1 saturated heterocycles. The molecule has 168 valence electrons. The Labute approximate surface area is 193 Å². The molecule has 1 amide bonds. The SMILES string of the molecule is Cc1nccn1Cc1ccccc1C(=O)N1CCOC[C@H](Cc2ccc3ncccc3c2)C1. The number of benzene rings is 2. The molecular weight excluding hydrogens is 412 g/mol. The summed E-state index contributed by atoms with van der Waals surface area (Å²) >= 11 is 0. The van der Waals surface area contributed by atoms with E-state index in [1.165, 1.54) is 5.56 Å². The third-order valence-electron chi connectivity index (χ3n) is 6.33. The van der Waals surface area contributed by atoms with E-state index in [1.54, 1.807) is 6.20 Å². The maximum atomic E-state index is 13.6. The van der Waals surface area contributed by atoms with E-state index in [0.717, 1.165) is 34.3 Å². The number of nitrogens with zero attached hydrogens (tertiary/aromatic N) is 4. The van der Waals surface area contributed by atoms with E-state index < -0.39 is 0 Å². The topological polar surface area (TPSA) is 60.2 Å². The van der Waals surface area contributed by atoms with Crippen molar-refractivity contribution < 1.29 is 9.53 Å². The molecule has 6 heteroatoms. The highest BCUT2D eigenvalue weighted by atomic mass is 16.5. The first-order chi connectivity index (χ1) is 16.2. The van der Waals surface area contributed by atoms with E-state index in [1.807, 2.05) is 54.5 Å². The molecule has 1 aliphatic heterocycles. The van der Waals surface area contributed by atoms with Crippen molar-refractivity contribution >= 4 is 16.8 Å². The molecule has 3 heterocycles. The van der Waals surface area contributed by atoms with Gasteiger partial charge in [0.1, 0.15) is 5.82 Å². The van der Waals surface area contributed by atoms with Crippen LogP contribution in [-0.4, -0.2) is 51.6 Å². The van der Waals surface area contributed by atoms with Crippen LogP contribution in [0.4, 0.5) is 0 Å². The van der Waals surface area contributed by atoms with Crippen LogP contribution in [0.5, 0.6) is 0 Å². The number of pyridine rings is 1. The summed E-state index contributed by atoms with van der Waals surface area (Å²) in [6.45, 7) is 5.12. The third-order valence-corrected chi connectivity index (χ3v) is 6.33. The highest BCUT2D eigenvalue weighted by molar-refractivity contribution is 5.95. The summed E-state index contributed by atoms with van der Waals surface area (Å²) in [7, 11) is 0. The van der Waals surface area contributed by atoms with Crippen LogP contribution in [-0.2, 0) is 17.7 Å². The average Bonchev–Trinajstić information content (AvgIpc) is 3.10. The normalized spacial score (nSPS) is 16.6. The van der Waals surface area contributed by atoms with E-state index in [4.69, 9.17) is 4.74 Å². The fraction of sp³-hybridized carbons (Fsp3) is 0.296. The number of carbonyl (C=O) groups is 1. The van der Waals surface area contributed by atoms with E-state index >= 15 is 0 Å². The summed E-state index contributed by atoms with van der Waals surface area (Å²) < 4.78 is 7.96. The van der Waals surface area contributed by atoms with Crippen molar-refractivity contribution in [1.82, 2.24) is 19.4 Å². The van der Waals surface area contributed by atoms with E-state index in [2.05, 4.69) is 38.8 Å². The maximum Gasteiger partial charge on any atom is 0.254 e. The predicted octanol–water partition coefficient (Wildman–Crippen LogP) is 4.12. The first-order valence-electron chi connectivity index (χ1n) is 11.4. The first-order valence-corrected chi connectivity index (χ1v) is 11.4. The fourth-order valence-corrected chi connectivity index (χ4v) is 4.57. The Morgan fingerprint density at radius 2 is 2.00 bits per heavy atom. The van der Waals surface area contributed by atoms with Crippen LogP contribution in [0.2, 0.25) is 0 Å². The molecule has 4 aromatic rings. The molecule has 1 fully saturated rings. The van der Waals surface area contributed by atoms with E-state index in [-0.39, 0.29) is 11.8 Å². The maximum absolute atomic E-state index is 13.6. The number of aromatic nitrogens is 3. The zero-order valence-electron chi connectivity index (χ0n) is 18.9. The number of carbonyl (C=O) groups excluding carboxylic acids is 1. The predicted molar refractivity (Wildman–Crippen MR) is 128 cm³/mol. The van der Waals surface area contributed by atoms with Gasteiger partial charge >= 0.3 is 0 Å². The molecule has 33 heavy (non-hydrogen) atoms. The molecule has 1 aliphatic rings. The van der Waals surface area contributed by atoms with Crippen LogP contribution in [0, 0.1) is 12.8 Å². The zero-order valence-corrected chi connectivity index (χ0v) is 18.9. The lowest BCUT2D eigenvalue weighted by molar-refractivity contribution is 0.0736. The largest absolute Gasteiger partial charge is 0.379 e. The average molecular weight is 441 g/mol. The monoisotopic (exact) mass is 440 g/mol. The number of fused-ring (bicyclic) bond motifs is 1. The van der Waals surface area contributed by atoms with Crippen LogP contribution < -0.4 is 0 Å². The molecule has 2 aromatic carbocycles. The Kier molecular flexibility index (Phi) is 6.17. The Bertz CT molecular complexity index is 1270. The number of rotatable bonds is 5. The lowest BCUT2D eigenvalue weighted by atomic mass is 9.97. The van der Waals surface area contributed by atoms with Crippen molar-refractivity contribution in [3.63, 3.8) is 0 Å². The fourth-order valence-electron chi connectivity index (χ4n) is 4.57. The Balaban J connectivity index is 1.33. The molecule has 5 rings (SSSR count). The first kappa shape index (κ1) is 21.3. The molecule has 0 N–H and O–H groups in total. The smallest absolute Gasteiger partial charge is 0.254 e. The van der Waals surface area contributed by atoms with Gasteiger partial charge in [-0.05, 0) is 48.7 Å². The van der Waals surface area contributed by atoms with Crippen LogP contribution in [0.1, 0.15) is 27.3 Å². The Morgan fingerprint density at radius 3 is 2.88 bits per heavy atom. The van der Waals surface area contributed by atoms with Crippen molar-refractivity contribution in [2.45, 2.75) is 19.9 Å². The molecule has 6 nitrogen and oxygen atoms in total. The van der Waals surface area contributed by atoms with Gasteiger partial charge in [-0.15, -0.1) is 0 Å². The van der Waals surface area contributed by atoms with Crippen LogP contribution in [0.3, 0.4) is 0 Å². The van der Waals surface area contributed by atoms with Crippen molar-refractivity contribution in [3.8, 4) is 0 Å². The lowest BCUT2D eigenvalue weighted by Gasteiger charge is -2.25. The molecule has 0 aliphatic carbocycles. The summed E-state index contributed by atoms with van der Waals surface area (Å²) in [6, 6.07) is 18.3. The number of aryl methyl sites for hydroxylation is 1. The van der Waals surface area contributed by atoms with Crippen LogP contribution in [0.25, 0.3) is 10.9 Å².